The van der Waals surface area contributed by atoms with E-state index in [0.717, 1.165) is 55.4 Å². The van der Waals surface area contributed by atoms with Crippen molar-refractivity contribution in [2.24, 2.45) is 4.99 Å². The van der Waals surface area contributed by atoms with Gasteiger partial charge in [-0.1, -0.05) is 130 Å². The van der Waals surface area contributed by atoms with Crippen LogP contribution in [-0.4, -0.2) is 21.5 Å². The van der Waals surface area contributed by atoms with Crippen molar-refractivity contribution in [2.45, 2.75) is 92.1 Å². The third-order valence-corrected chi connectivity index (χ3v) is 10.5. The first-order valence-corrected chi connectivity index (χ1v) is 19.0. The molecule has 5 aromatic carbocycles. The maximum Gasteiger partial charge on any atom is 2.00 e. The van der Waals surface area contributed by atoms with Crippen molar-refractivity contribution in [1.82, 2.24) is 9.55 Å². The maximum atomic E-state index is 8.38. The van der Waals surface area contributed by atoms with Crippen LogP contribution >= 0.6 is 0 Å². The Hall–Kier alpha value is -4.99. The van der Waals surface area contributed by atoms with Gasteiger partial charge in [-0.15, -0.1) is 23.6 Å². The van der Waals surface area contributed by atoms with Crippen molar-refractivity contribution in [3.05, 3.63) is 154 Å². The van der Waals surface area contributed by atoms with Gasteiger partial charge in [0.2, 0.25) is 0 Å². The molecule has 0 bridgehead atoms. The molecule has 7 aromatic rings. The smallest absolute Gasteiger partial charge is 0.510 e. The zero-order chi connectivity index (χ0) is 41.3. The van der Waals surface area contributed by atoms with E-state index in [1.54, 1.807) is 0 Å². The topological polar surface area (TPSA) is 48.6 Å². The predicted octanol–water partition coefficient (Wildman–Crippen LogP) is 12.7. The van der Waals surface area contributed by atoms with Crippen LogP contribution in [0, 0.1) is 32.9 Å². The fourth-order valence-electron chi connectivity index (χ4n) is 7.74. The summed E-state index contributed by atoms with van der Waals surface area (Å²) < 4.78 is 40.5. The SMILES string of the molecule is [2H]C([2H])([2H])[C@H]1N=C(c2[c-]c(Oc3[c-]c4c(cc3)c3cc(C(C)(C)C)ccc3n4-c3cc(C(C)(C)C)ccn3)cc(-c3c(C)cc(C)cc3C)c2)O[C@H]1c1ccccc1.[Pt+2]. The molecule has 0 saturated heterocycles. The first kappa shape index (κ1) is 35.4. The van der Waals surface area contributed by atoms with Crippen LogP contribution in [0.2, 0.25) is 0 Å². The van der Waals surface area contributed by atoms with Crippen molar-refractivity contribution in [2.75, 3.05) is 0 Å². The number of aromatic nitrogens is 2. The Kier molecular flexibility index (Phi) is 9.38. The minimum Gasteiger partial charge on any atom is -0.510 e. The molecule has 0 radical (unpaired) electrons. The number of pyridine rings is 1. The van der Waals surface area contributed by atoms with Crippen LogP contribution in [0.25, 0.3) is 38.8 Å². The van der Waals surface area contributed by atoms with Crippen LogP contribution in [-0.2, 0) is 36.6 Å². The van der Waals surface area contributed by atoms with Gasteiger partial charge in [0.25, 0.3) is 0 Å². The molecular formula is C50H49N3O2Pt. The largest absolute Gasteiger partial charge is 2.00 e. The van der Waals surface area contributed by atoms with Gasteiger partial charge in [0.05, 0.1) is 6.04 Å². The van der Waals surface area contributed by atoms with Crippen molar-refractivity contribution in [3.63, 3.8) is 0 Å². The molecular weight excluding hydrogens is 870 g/mol. The second-order valence-corrected chi connectivity index (χ2v) is 16.9. The van der Waals surface area contributed by atoms with Crippen LogP contribution in [0.5, 0.6) is 11.5 Å². The van der Waals surface area contributed by atoms with E-state index in [-0.39, 0.29) is 37.8 Å². The summed E-state index contributed by atoms with van der Waals surface area (Å²) in [7, 11) is 0. The zero-order valence-electron chi connectivity index (χ0n) is 36.4. The van der Waals surface area contributed by atoms with E-state index in [0.29, 0.717) is 17.1 Å². The molecule has 6 heteroatoms. The molecule has 0 amide bonds. The molecule has 286 valence electrons. The van der Waals surface area contributed by atoms with Crippen molar-refractivity contribution < 1.29 is 34.7 Å². The molecule has 1 aliphatic heterocycles. The van der Waals surface area contributed by atoms with E-state index in [9.17, 15) is 0 Å². The number of hydrogen-bond acceptors (Lipinski definition) is 4. The molecule has 0 spiro atoms. The van der Waals surface area contributed by atoms with Crippen molar-refractivity contribution in [3.8, 4) is 28.4 Å². The molecule has 0 fully saturated rings. The van der Waals surface area contributed by atoms with E-state index < -0.39 is 19.0 Å². The molecule has 3 heterocycles. The summed E-state index contributed by atoms with van der Waals surface area (Å²) in [5.41, 5.74) is 10.8. The average Bonchev–Trinajstić information content (AvgIpc) is 3.75. The maximum absolute atomic E-state index is 8.38. The van der Waals surface area contributed by atoms with Gasteiger partial charge in [-0.05, 0) is 95.4 Å². The molecule has 56 heavy (non-hydrogen) atoms. The van der Waals surface area contributed by atoms with Crippen LogP contribution < -0.4 is 4.74 Å². The van der Waals surface area contributed by atoms with E-state index >= 15 is 0 Å². The second kappa shape index (κ2) is 14.8. The monoisotopic (exact) mass is 921 g/mol. The minimum absolute atomic E-state index is 0. The molecule has 0 aliphatic carbocycles. The van der Waals surface area contributed by atoms with Gasteiger partial charge in [-0.3, -0.25) is 4.99 Å². The fraction of sp³-hybridized carbons (Fsp3) is 0.280. The van der Waals surface area contributed by atoms with E-state index in [4.69, 9.17) is 23.6 Å². The minimum atomic E-state index is -2.39. The summed E-state index contributed by atoms with van der Waals surface area (Å²) >= 11 is 0. The Bertz CT molecular complexity index is 2720. The summed E-state index contributed by atoms with van der Waals surface area (Å²) in [6, 6.07) is 38.5. The molecule has 8 rings (SSSR count). The third kappa shape index (κ3) is 7.47. The fourth-order valence-corrected chi connectivity index (χ4v) is 7.74. The molecule has 0 N–H and O–H groups in total. The zero-order valence-corrected chi connectivity index (χ0v) is 35.7. The van der Waals surface area contributed by atoms with Crippen molar-refractivity contribution >= 4 is 27.7 Å². The number of hydrogen-bond donors (Lipinski definition) is 0. The predicted molar refractivity (Wildman–Crippen MR) is 226 cm³/mol. The number of ether oxygens (including phenoxy) is 2. The Morgan fingerprint density at radius 3 is 2.16 bits per heavy atom. The Morgan fingerprint density at radius 2 is 1.46 bits per heavy atom. The third-order valence-electron chi connectivity index (χ3n) is 10.5. The van der Waals surface area contributed by atoms with Crippen LogP contribution in [0.1, 0.15) is 97.6 Å². The number of aryl methyl sites for hydroxylation is 3. The second-order valence-electron chi connectivity index (χ2n) is 16.9. The Morgan fingerprint density at radius 1 is 0.750 bits per heavy atom. The first-order valence-electron chi connectivity index (χ1n) is 20.5. The summed E-state index contributed by atoms with van der Waals surface area (Å²) in [6.45, 7) is 17.2. The van der Waals surface area contributed by atoms with Gasteiger partial charge >= 0.3 is 21.1 Å². The van der Waals surface area contributed by atoms with Gasteiger partial charge < -0.3 is 14.0 Å². The molecule has 2 atom stereocenters. The van der Waals surface area contributed by atoms with Crippen molar-refractivity contribution in [1.29, 1.82) is 0 Å². The Balaban J connectivity index is 0.00000528. The molecule has 2 aromatic heterocycles. The van der Waals surface area contributed by atoms with E-state index in [2.05, 4.69) is 128 Å². The van der Waals surface area contributed by atoms with Crippen LogP contribution in [0.15, 0.2) is 108 Å². The quantitative estimate of drug-likeness (QED) is 0.156. The van der Waals surface area contributed by atoms with Crippen LogP contribution in [0.3, 0.4) is 0 Å². The molecule has 1 aliphatic rings. The standard InChI is InChI=1S/C50H49N3O2.Pt/c1-30-22-31(2)46(32(3)23-30)35-24-36(48-52-33(4)47(55-48)34-14-12-11-13-15-34)26-40(25-35)54-39-17-18-41-42-27-37(49(5,6)7)16-19-43(42)53(44(41)29-39)45-28-38(20-21-51-45)50(8,9)10;/h11-25,27-28,33,47H,1-10H3;/q-2;+2/t33-,47-;/m1./s1/i4D3;. The number of rotatable bonds is 6. The van der Waals surface area contributed by atoms with Gasteiger partial charge in [0.1, 0.15) is 17.8 Å². The molecule has 0 unspecified atom stereocenters. The molecule has 5 nitrogen and oxygen atoms in total. The number of aliphatic imine (C=N–C) groups is 1. The van der Waals surface area contributed by atoms with Gasteiger partial charge in [-0.2, -0.15) is 6.07 Å². The molecule has 0 saturated carbocycles. The summed E-state index contributed by atoms with van der Waals surface area (Å²) in [5.74, 6) is 1.93. The van der Waals surface area contributed by atoms with Gasteiger partial charge in [0.15, 0.2) is 0 Å². The van der Waals surface area contributed by atoms with Crippen LogP contribution in [0.4, 0.5) is 0 Å². The first-order chi connectivity index (χ1) is 27.3. The summed E-state index contributed by atoms with van der Waals surface area (Å²) in [6.07, 6.45) is 1.09. The van der Waals surface area contributed by atoms with Gasteiger partial charge in [-0.25, -0.2) is 4.98 Å². The normalized spacial score (nSPS) is 16.8. The van der Waals surface area contributed by atoms with Gasteiger partial charge in [0, 0.05) is 27.3 Å². The number of fused-ring (bicyclic) bond motifs is 3. The number of nitrogens with zero attached hydrogens (tertiary/aromatic N) is 3. The summed E-state index contributed by atoms with van der Waals surface area (Å²) in [5, 5.41) is 2.15. The van der Waals surface area contributed by atoms with E-state index in [1.807, 2.05) is 54.7 Å². The number of benzene rings is 5. The van der Waals surface area contributed by atoms with E-state index in [1.165, 1.54) is 16.7 Å². The summed E-state index contributed by atoms with van der Waals surface area (Å²) in [4.78, 5) is 9.60. The Labute approximate surface area is 350 Å². The average molecular weight is 922 g/mol.